The van der Waals surface area contributed by atoms with Crippen molar-refractivity contribution in [3.05, 3.63) is 35.9 Å². The zero-order valence-electron chi connectivity index (χ0n) is 12.2. The lowest BCUT2D eigenvalue weighted by Gasteiger charge is -2.16. The van der Waals surface area contributed by atoms with Gasteiger partial charge >= 0.3 is 0 Å². The Hall–Kier alpha value is -0.530. The van der Waals surface area contributed by atoms with Gasteiger partial charge in [-0.15, -0.1) is 11.6 Å². The molecule has 0 bridgehead atoms. The van der Waals surface area contributed by atoms with Crippen LogP contribution in [-0.2, 0) is 6.42 Å². The molecule has 0 aliphatic heterocycles. The number of alkyl halides is 1. The molecule has 0 amide bonds. The highest BCUT2D eigenvalue weighted by Crippen LogP contribution is 2.06. The largest absolute Gasteiger partial charge is 0.312 e. The van der Waals surface area contributed by atoms with Crippen LogP contribution in [0.4, 0.5) is 0 Å². The summed E-state index contributed by atoms with van der Waals surface area (Å²) in [5.74, 6) is 0.685. The summed E-state index contributed by atoms with van der Waals surface area (Å²) in [7, 11) is 0. The van der Waals surface area contributed by atoms with Gasteiger partial charge in [0, 0.05) is 11.9 Å². The molecule has 0 aromatic heterocycles. The summed E-state index contributed by atoms with van der Waals surface area (Å²) < 4.78 is 0. The fourth-order valence-electron chi connectivity index (χ4n) is 2.29. The molecule has 108 valence electrons. The smallest absolute Gasteiger partial charge is 0.0380 e. The minimum absolute atomic E-state index is 0.403. The predicted molar refractivity (Wildman–Crippen MR) is 86.0 cm³/mol. The zero-order chi connectivity index (χ0) is 13.8. The number of nitrogens with one attached hydrogen (secondary N) is 1. The van der Waals surface area contributed by atoms with Crippen LogP contribution in [0.5, 0.6) is 0 Å². The molecule has 1 unspecified atom stereocenters. The van der Waals surface area contributed by atoms with E-state index >= 15 is 0 Å². The van der Waals surface area contributed by atoms with Crippen LogP contribution in [0.3, 0.4) is 0 Å². The summed E-state index contributed by atoms with van der Waals surface area (Å²) >= 11 is 6.04. The van der Waals surface area contributed by atoms with E-state index in [1.807, 2.05) is 0 Å². The van der Waals surface area contributed by atoms with Gasteiger partial charge in [-0.25, -0.2) is 0 Å². The van der Waals surface area contributed by atoms with E-state index in [4.69, 9.17) is 11.6 Å². The Labute approximate surface area is 123 Å². The summed E-state index contributed by atoms with van der Waals surface area (Å²) in [4.78, 5) is 0. The van der Waals surface area contributed by atoms with Gasteiger partial charge in [-0.3, -0.25) is 0 Å². The van der Waals surface area contributed by atoms with Crippen molar-refractivity contribution in [2.45, 2.75) is 57.9 Å². The lowest BCUT2D eigenvalue weighted by Crippen LogP contribution is -2.33. The Morgan fingerprint density at radius 2 is 1.68 bits per heavy atom. The maximum absolute atomic E-state index is 6.04. The van der Waals surface area contributed by atoms with E-state index in [0.717, 1.165) is 13.0 Å². The molecular formula is C17H28ClN. The highest BCUT2D eigenvalue weighted by Gasteiger charge is 2.06. The summed E-state index contributed by atoms with van der Waals surface area (Å²) in [6.07, 6.45) is 9.11. The number of benzene rings is 1. The van der Waals surface area contributed by atoms with Crippen molar-refractivity contribution in [3.8, 4) is 0 Å². The first kappa shape index (κ1) is 16.5. The van der Waals surface area contributed by atoms with Crippen LogP contribution in [0, 0.1) is 0 Å². The second-order valence-corrected chi connectivity index (χ2v) is 5.57. The normalized spacial score (nSPS) is 12.5. The van der Waals surface area contributed by atoms with Crippen molar-refractivity contribution in [1.82, 2.24) is 5.32 Å². The number of halogens is 1. The fraction of sp³-hybridized carbons (Fsp3) is 0.647. The lowest BCUT2D eigenvalue weighted by atomic mass is 10.1. The molecule has 1 nitrogen and oxygen atoms in total. The van der Waals surface area contributed by atoms with Crippen LogP contribution in [0.25, 0.3) is 0 Å². The molecule has 0 radical (unpaired) electrons. The molecule has 0 fully saturated rings. The molecule has 0 saturated carbocycles. The van der Waals surface area contributed by atoms with Gasteiger partial charge < -0.3 is 5.32 Å². The second kappa shape index (κ2) is 11.3. The maximum atomic E-state index is 6.04. The summed E-state index contributed by atoms with van der Waals surface area (Å²) in [5.41, 5.74) is 1.36. The predicted octanol–water partition coefficient (Wildman–Crippen LogP) is 4.79. The van der Waals surface area contributed by atoms with Crippen LogP contribution in [0.2, 0.25) is 0 Å². The van der Waals surface area contributed by atoms with Gasteiger partial charge in [0.05, 0.1) is 0 Å². The minimum Gasteiger partial charge on any atom is -0.312 e. The average molecular weight is 282 g/mol. The maximum Gasteiger partial charge on any atom is 0.0380 e. The molecule has 1 rings (SSSR count). The van der Waals surface area contributed by atoms with Crippen LogP contribution in [-0.4, -0.2) is 18.5 Å². The van der Waals surface area contributed by atoms with Crippen molar-refractivity contribution in [3.63, 3.8) is 0 Å². The van der Waals surface area contributed by atoms with Gasteiger partial charge in [0.1, 0.15) is 0 Å². The van der Waals surface area contributed by atoms with Gasteiger partial charge in [-0.1, -0.05) is 69.4 Å². The first-order valence-electron chi connectivity index (χ1n) is 7.70. The Kier molecular flexibility index (Phi) is 9.84. The average Bonchev–Trinajstić information content (AvgIpc) is 2.46. The van der Waals surface area contributed by atoms with Crippen molar-refractivity contribution >= 4 is 11.6 Å². The molecule has 2 heteroatoms. The molecule has 0 aliphatic rings. The number of hydrogen-bond acceptors (Lipinski definition) is 1. The molecule has 1 N–H and O–H groups in total. The topological polar surface area (TPSA) is 12.0 Å². The van der Waals surface area contributed by atoms with Gasteiger partial charge in [0.25, 0.3) is 0 Å². The van der Waals surface area contributed by atoms with Crippen molar-refractivity contribution in [2.75, 3.05) is 12.4 Å². The second-order valence-electron chi connectivity index (χ2n) is 5.26. The highest BCUT2D eigenvalue weighted by atomic mass is 35.5. The van der Waals surface area contributed by atoms with E-state index in [9.17, 15) is 0 Å². The Balaban J connectivity index is 2.09. The fourth-order valence-corrected chi connectivity index (χ4v) is 2.51. The third kappa shape index (κ3) is 8.28. The lowest BCUT2D eigenvalue weighted by molar-refractivity contribution is 0.514. The van der Waals surface area contributed by atoms with Crippen LogP contribution < -0.4 is 5.32 Å². The number of hydrogen-bond donors (Lipinski definition) is 1. The minimum atomic E-state index is 0.403. The van der Waals surface area contributed by atoms with E-state index < -0.39 is 0 Å². The van der Waals surface area contributed by atoms with Crippen LogP contribution >= 0.6 is 11.6 Å². The molecular weight excluding hydrogens is 254 g/mol. The molecule has 1 aromatic carbocycles. The Bertz CT molecular complexity index is 299. The summed E-state index contributed by atoms with van der Waals surface area (Å²) in [6.45, 7) is 3.35. The Morgan fingerprint density at radius 1 is 1.00 bits per heavy atom. The van der Waals surface area contributed by atoms with E-state index in [0.29, 0.717) is 11.9 Å². The van der Waals surface area contributed by atoms with Crippen molar-refractivity contribution in [2.24, 2.45) is 0 Å². The third-order valence-electron chi connectivity index (χ3n) is 3.47. The highest BCUT2D eigenvalue weighted by molar-refractivity contribution is 6.18. The van der Waals surface area contributed by atoms with E-state index in [1.165, 1.54) is 44.1 Å². The molecule has 0 spiro atoms. The molecule has 0 saturated heterocycles. The van der Waals surface area contributed by atoms with Gasteiger partial charge in [-0.2, -0.15) is 0 Å². The first-order chi connectivity index (χ1) is 9.36. The van der Waals surface area contributed by atoms with Crippen molar-refractivity contribution in [1.29, 1.82) is 0 Å². The van der Waals surface area contributed by atoms with Gasteiger partial charge in [-0.05, 0) is 24.9 Å². The van der Waals surface area contributed by atoms with Crippen LogP contribution in [0.15, 0.2) is 30.3 Å². The molecule has 1 atom stereocenters. The Morgan fingerprint density at radius 3 is 2.37 bits per heavy atom. The molecule has 0 heterocycles. The van der Waals surface area contributed by atoms with E-state index in [1.54, 1.807) is 0 Å². The zero-order valence-corrected chi connectivity index (χ0v) is 13.0. The monoisotopic (exact) mass is 281 g/mol. The number of unbranched alkanes of at least 4 members (excludes halogenated alkanes) is 5. The van der Waals surface area contributed by atoms with Gasteiger partial charge in [0.2, 0.25) is 0 Å². The molecule has 19 heavy (non-hydrogen) atoms. The van der Waals surface area contributed by atoms with E-state index in [-0.39, 0.29) is 0 Å². The summed E-state index contributed by atoms with van der Waals surface area (Å²) in [6, 6.07) is 11.0. The first-order valence-corrected chi connectivity index (χ1v) is 8.23. The summed E-state index contributed by atoms with van der Waals surface area (Å²) in [5, 5.41) is 3.58. The van der Waals surface area contributed by atoms with Crippen LogP contribution in [0.1, 0.15) is 51.0 Å². The SMILES string of the molecule is CCCCCCCCNC(CCl)Cc1ccccc1. The molecule has 0 aliphatic carbocycles. The third-order valence-corrected chi connectivity index (χ3v) is 3.85. The standard InChI is InChI=1S/C17H28ClN/c1-2-3-4-5-6-10-13-19-17(15-18)14-16-11-8-7-9-12-16/h7-9,11-12,17,19H,2-6,10,13-15H2,1H3. The molecule has 1 aromatic rings. The number of rotatable bonds is 11. The van der Waals surface area contributed by atoms with Crippen molar-refractivity contribution < 1.29 is 0 Å². The quantitative estimate of drug-likeness (QED) is 0.454. The van der Waals surface area contributed by atoms with Gasteiger partial charge in [0.15, 0.2) is 0 Å². The van der Waals surface area contributed by atoms with E-state index in [2.05, 4.69) is 42.6 Å².